The Labute approximate surface area is 141 Å². The van der Waals surface area contributed by atoms with Crippen molar-refractivity contribution in [3.63, 3.8) is 0 Å². The van der Waals surface area contributed by atoms with Crippen molar-refractivity contribution in [1.29, 1.82) is 0 Å². The number of hydrogen-bond acceptors (Lipinski definition) is 3. The Morgan fingerprint density at radius 1 is 0.958 bits per heavy atom. The van der Waals surface area contributed by atoms with E-state index in [0.29, 0.717) is 24.9 Å². The third kappa shape index (κ3) is 4.93. The summed E-state index contributed by atoms with van der Waals surface area (Å²) >= 11 is 0. The molecule has 2 aromatic rings. The predicted octanol–water partition coefficient (Wildman–Crippen LogP) is 3.10. The van der Waals surface area contributed by atoms with Crippen LogP contribution in [0.2, 0.25) is 0 Å². The maximum absolute atomic E-state index is 12.4. The fourth-order valence-corrected chi connectivity index (χ4v) is 2.45. The second-order valence-corrected chi connectivity index (χ2v) is 5.66. The molecule has 0 spiro atoms. The molecule has 24 heavy (non-hydrogen) atoms. The Morgan fingerprint density at radius 3 is 2.21 bits per heavy atom. The first kappa shape index (κ1) is 17.7. The molecule has 0 aliphatic heterocycles. The van der Waals surface area contributed by atoms with Crippen LogP contribution in [0.3, 0.4) is 0 Å². The van der Waals surface area contributed by atoms with Crippen LogP contribution in [-0.2, 0) is 4.79 Å². The van der Waals surface area contributed by atoms with E-state index in [-0.39, 0.29) is 12.3 Å². The molecule has 0 radical (unpaired) electrons. The molecule has 0 aliphatic carbocycles. The van der Waals surface area contributed by atoms with Crippen molar-refractivity contribution < 1.29 is 14.8 Å². The number of hydrogen-bond donors (Lipinski definition) is 2. The SMILES string of the molecule is CN(CCCCC(=O)NO)C(=O)c1ccc(-c2ccccc2)cc1. The third-order valence-electron chi connectivity index (χ3n) is 3.86. The number of amides is 2. The summed E-state index contributed by atoms with van der Waals surface area (Å²) in [4.78, 5) is 24.9. The second kappa shape index (κ2) is 8.84. The van der Waals surface area contributed by atoms with Gasteiger partial charge in [0, 0.05) is 25.6 Å². The van der Waals surface area contributed by atoms with Crippen molar-refractivity contribution in [3.8, 4) is 11.1 Å². The number of nitrogens with one attached hydrogen (secondary N) is 1. The summed E-state index contributed by atoms with van der Waals surface area (Å²) in [7, 11) is 1.75. The van der Waals surface area contributed by atoms with Gasteiger partial charge in [0.25, 0.3) is 5.91 Å². The lowest BCUT2D eigenvalue weighted by atomic mass is 10.0. The summed E-state index contributed by atoms with van der Waals surface area (Å²) in [6.45, 7) is 0.567. The van der Waals surface area contributed by atoms with Gasteiger partial charge in [0.05, 0.1) is 0 Å². The van der Waals surface area contributed by atoms with Gasteiger partial charge in [-0.1, -0.05) is 42.5 Å². The quantitative estimate of drug-likeness (QED) is 0.467. The van der Waals surface area contributed by atoms with Crippen molar-refractivity contribution in [2.75, 3.05) is 13.6 Å². The lowest BCUT2D eigenvalue weighted by Crippen LogP contribution is -2.28. The van der Waals surface area contributed by atoms with E-state index in [4.69, 9.17) is 5.21 Å². The monoisotopic (exact) mass is 326 g/mol. The molecular weight excluding hydrogens is 304 g/mol. The number of rotatable bonds is 7. The van der Waals surface area contributed by atoms with Crippen LogP contribution in [0.5, 0.6) is 0 Å². The van der Waals surface area contributed by atoms with E-state index < -0.39 is 5.91 Å². The van der Waals surface area contributed by atoms with Crippen LogP contribution in [0, 0.1) is 0 Å². The minimum Gasteiger partial charge on any atom is -0.342 e. The van der Waals surface area contributed by atoms with Crippen LogP contribution in [0.1, 0.15) is 29.6 Å². The molecule has 5 nitrogen and oxygen atoms in total. The highest BCUT2D eigenvalue weighted by Gasteiger charge is 2.11. The molecular formula is C19H22N2O3. The lowest BCUT2D eigenvalue weighted by molar-refractivity contribution is -0.129. The van der Waals surface area contributed by atoms with Crippen molar-refractivity contribution in [2.45, 2.75) is 19.3 Å². The molecule has 0 saturated carbocycles. The van der Waals surface area contributed by atoms with E-state index in [0.717, 1.165) is 11.1 Å². The molecule has 0 aromatic heterocycles. The van der Waals surface area contributed by atoms with Crippen LogP contribution in [-0.4, -0.2) is 35.5 Å². The van der Waals surface area contributed by atoms with E-state index in [1.807, 2.05) is 54.6 Å². The van der Waals surface area contributed by atoms with Crippen molar-refractivity contribution in [1.82, 2.24) is 10.4 Å². The molecule has 0 atom stereocenters. The van der Waals surface area contributed by atoms with Gasteiger partial charge in [-0.15, -0.1) is 0 Å². The van der Waals surface area contributed by atoms with Crippen LogP contribution in [0.25, 0.3) is 11.1 Å². The average molecular weight is 326 g/mol. The minimum atomic E-state index is -0.402. The molecule has 2 rings (SSSR count). The molecule has 126 valence electrons. The summed E-state index contributed by atoms with van der Waals surface area (Å²) < 4.78 is 0. The van der Waals surface area contributed by atoms with Gasteiger partial charge in [0.15, 0.2) is 0 Å². The van der Waals surface area contributed by atoms with Crippen molar-refractivity contribution >= 4 is 11.8 Å². The first-order valence-electron chi connectivity index (χ1n) is 7.95. The third-order valence-corrected chi connectivity index (χ3v) is 3.86. The number of hydroxylamine groups is 1. The molecule has 0 aliphatic rings. The summed E-state index contributed by atoms with van der Waals surface area (Å²) in [6, 6.07) is 17.6. The van der Waals surface area contributed by atoms with Gasteiger partial charge in [-0.25, -0.2) is 5.48 Å². The maximum Gasteiger partial charge on any atom is 0.253 e. The topological polar surface area (TPSA) is 69.6 Å². The molecule has 2 aromatic carbocycles. The van der Waals surface area contributed by atoms with Gasteiger partial charge in [-0.2, -0.15) is 0 Å². The summed E-state index contributed by atoms with van der Waals surface area (Å²) in [5.41, 5.74) is 4.44. The van der Waals surface area contributed by atoms with E-state index in [1.165, 1.54) is 0 Å². The predicted molar refractivity (Wildman–Crippen MR) is 92.6 cm³/mol. The van der Waals surface area contributed by atoms with Gasteiger partial charge in [0.1, 0.15) is 0 Å². The number of carbonyl (C=O) groups excluding carboxylic acids is 2. The molecule has 0 unspecified atom stereocenters. The van der Waals surface area contributed by atoms with Crippen LogP contribution in [0.4, 0.5) is 0 Å². The Balaban J connectivity index is 1.89. The maximum atomic E-state index is 12.4. The van der Waals surface area contributed by atoms with Crippen LogP contribution >= 0.6 is 0 Å². The molecule has 2 amide bonds. The summed E-state index contributed by atoms with van der Waals surface area (Å²) in [6.07, 6.45) is 1.58. The summed E-state index contributed by atoms with van der Waals surface area (Å²) in [5, 5.41) is 8.42. The number of benzene rings is 2. The van der Waals surface area contributed by atoms with Crippen LogP contribution < -0.4 is 5.48 Å². The van der Waals surface area contributed by atoms with Gasteiger partial charge < -0.3 is 4.90 Å². The first-order chi connectivity index (χ1) is 11.6. The lowest BCUT2D eigenvalue weighted by Gasteiger charge is -2.17. The molecule has 2 N–H and O–H groups in total. The normalized spacial score (nSPS) is 10.2. The van der Waals surface area contributed by atoms with Gasteiger partial charge in [-0.3, -0.25) is 14.8 Å². The zero-order chi connectivity index (χ0) is 17.4. The van der Waals surface area contributed by atoms with E-state index >= 15 is 0 Å². The second-order valence-electron chi connectivity index (χ2n) is 5.66. The molecule has 0 heterocycles. The highest BCUT2D eigenvalue weighted by molar-refractivity contribution is 5.94. The number of nitrogens with zero attached hydrogens (tertiary/aromatic N) is 1. The van der Waals surface area contributed by atoms with Gasteiger partial charge in [0.2, 0.25) is 5.91 Å². The Kier molecular flexibility index (Phi) is 6.51. The molecule has 0 saturated heterocycles. The smallest absolute Gasteiger partial charge is 0.253 e. The Hall–Kier alpha value is -2.66. The number of carbonyl (C=O) groups is 2. The Bertz CT molecular complexity index is 669. The molecule has 0 fully saturated rings. The number of unbranched alkanes of at least 4 members (excludes halogenated alkanes) is 1. The average Bonchev–Trinajstić information content (AvgIpc) is 2.65. The first-order valence-corrected chi connectivity index (χ1v) is 7.95. The standard InChI is InChI=1S/C19H22N2O3/c1-21(14-6-5-9-18(22)20-24)19(23)17-12-10-16(11-13-17)15-7-3-2-4-8-15/h2-4,7-8,10-13,24H,5-6,9,14H2,1H3,(H,20,22). The van der Waals surface area contributed by atoms with Crippen LogP contribution in [0.15, 0.2) is 54.6 Å². The zero-order valence-electron chi connectivity index (χ0n) is 13.7. The largest absolute Gasteiger partial charge is 0.342 e. The summed E-state index contributed by atoms with van der Waals surface area (Å²) in [5.74, 6) is -0.443. The highest BCUT2D eigenvalue weighted by Crippen LogP contribution is 2.19. The van der Waals surface area contributed by atoms with E-state index in [9.17, 15) is 9.59 Å². The van der Waals surface area contributed by atoms with Crippen molar-refractivity contribution in [2.24, 2.45) is 0 Å². The van der Waals surface area contributed by atoms with E-state index in [2.05, 4.69) is 0 Å². The fraction of sp³-hybridized carbons (Fsp3) is 0.263. The molecule has 0 bridgehead atoms. The zero-order valence-corrected chi connectivity index (χ0v) is 13.7. The fourth-order valence-electron chi connectivity index (χ4n) is 2.45. The Morgan fingerprint density at radius 2 is 1.58 bits per heavy atom. The minimum absolute atomic E-state index is 0.0405. The van der Waals surface area contributed by atoms with Crippen molar-refractivity contribution in [3.05, 3.63) is 60.2 Å². The molecule has 5 heteroatoms. The van der Waals surface area contributed by atoms with Gasteiger partial charge in [-0.05, 0) is 36.1 Å². The van der Waals surface area contributed by atoms with E-state index in [1.54, 1.807) is 17.4 Å². The highest BCUT2D eigenvalue weighted by atomic mass is 16.5. The van der Waals surface area contributed by atoms with Gasteiger partial charge >= 0.3 is 0 Å².